The summed E-state index contributed by atoms with van der Waals surface area (Å²) in [6.07, 6.45) is 3.29. The number of furan rings is 1. The summed E-state index contributed by atoms with van der Waals surface area (Å²) >= 11 is 6.50. The van der Waals surface area contributed by atoms with Gasteiger partial charge in [0.15, 0.2) is 8.68 Å². The Kier molecular flexibility index (Phi) is 3.82. The number of nitrogens with zero attached hydrogens (tertiary/aromatic N) is 1. The molecule has 0 saturated heterocycles. The first kappa shape index (κ1) is 12.6. The van der Waals surface area contributed by atoms with Gasteiger partial charge in [-0.15, -0.1) is 0 Å². The number of aromatic nitrogens is 1. The molecule has 0 aliphatic heterocycles. The minimum absolute atomic E-state index is 0.113. The first-order valence-corrected chi connectivity index (χ1v) is 7.39. The Morgan fingerprint density at radius 1 is 1.53 bits per heavy atom. The SMILES string of the molecule is O=S(=O)(NCCc1ccco1)c1cnc(Cl)s1. The van der Waals surface area contributed by atoms with E-state index in [2.05, 4.69) is 9.71 Å². The number of nitrogens with one attached hydrogen (secondary N) is 1. The second-order valence-corrected chi connectivity index (χ2v) is 6.77. The minimum Gasteiger partial charge on any atom is -0.469 e. The molecule has 5 nitrogen and oxygen atoms in total. The molecule has 92 valence electrons. The van der Waals surface area contributed by atoms with E-state index in [-0.39, 0.29) is 15.2 Å². The second kappa shape index (κ2) is 5.18. The summed E-state index contributed by atoms with van der Waals surface area (Å²) in [6.45, 7) is 0.269. The fourth-order valence-corrected chi connectivity index (χ4v) is 3.57. The van der Waals surface area contributed by atoms with Gasteiger partial charge in [-0.25, -0.2) is 18.1 Å². The Morgan fingerprint density at radius 2 is 2.35 bits per heavy atom. The van der Waals surface area contributed by atoms with E-state index in [9.17, 15) is 8.42 Å². The highest BCUT2D eigenvalue weighted by molar-refractivity contribution is 7.91. The van der Waals surface area contributed by atoms with Gasteiger partial charge in [0.25, 0.3) is 10.0 Å². The third-order valence-corrected chi connectivity index (χ3v) is 5.00. The summed E-state index contributed by atoms with van der Waals surface area (Å²) < 4.78 is 31.3. The zero-order valence-electron chi connectivity index (χ0n) is 8.59. The molecule has 0 spiro atoms. The molecule has 0 radical (unpaired) electrons. The van der Waals surface area contributed by atoms with Crippen LogP contribution in [0.2, 0.25) is 4.47 Å². The Labute approximate surface area is 107 Å². The zero-order chi connectivity index (χ0) is 12.3. The van der Waals surface area contributed by atoms with Crippen LogP contribution in [0, 0.1) is 0 Å². The monoisotopic (exact) mass is 292 g/mol. The number of hydrogen-bond donors (Lipinski definition) is 1. The molecule has 0 bridgehead atoms. The van der Waals surface area contributed by atoms with Crippen molar-refractivity contribution in [2.75, 3.05) is 6.54 Å². The van der Waals surface area contributed by atoms with Gasteiger partial charge in [0.05, 0.1) is 12.5 Å². The molecule has 0 aliphatic rings. The van der Waals surface area contributed by atoms with Crippen LogP contribution in [-0.4, -0.2) is 19.9 Å². The molecule has 1 N–H and O–H groups in total. The van der Waals surface area contributed by atoms with Crippen LogP contribution in [0.5, 0.6) is 0 Å². The number of halogens is 1. The molecule has 0 unspecified atom stereocenters. The maximum Gasteiger partial charge on any atom is 0.251 e. The standard InChI is InChI=1S/C9H9ClN2O3S2/c10-9-11-6-8(16-9)17(13,14)12-4-3-7-2-1-5-15-7/h1-2,5-6,12H,3-4H2. The lowest BCUT2D eigenvalue weighted by atomic mass is 10.3. The number of hydrogen-bond acceptors (Lipinski definition) is 5. The van der Waals surface area contributed by atoms with Crippen molar-refractivity contribution in [2.24, 2.45) is 0 Å². The predicted molar refractivity (Wildman–Crippen MR) is 64.7 cm³/mol. The van der Waals surface area contributed by atoms with Gasteiger partial charge < -0.3 is 4.42 Å². The summed E-state index contributed by atoms with van der Waals surface area (Å²) in [6, 6.07) is 3.55. The Morgan fingerprint density at radius 3 is 2.94 bits per heavy atom. The predicted octanol–water partition coefficient (Wildman–Crippen LogP) is 1.91. The molecule has 2 aromatic rings. The van der Waals surface area contributed by atoms with E-state index < -0.39 is 10.0 Å². The van der Waals surface area contributed by atoms with Crippen molar-refractivity contribution < 1.29 is 12.8 Å². The summed E-state index contributed by atoms with van der Waals surface area (Å²) in [5.74, 6) is 0.732. The summed E-state index contributed by atoms with van der Waals surface area (Å²) in [4.78, 5) is 3.69. The zero-order valence-corrected chi connectivity index (χ0v) is 11.0. The van der Waals surface area contributed by atoms with Crippen molar-refractivity contribution in [1.29, 1.82) is 0 Å². The summed E-state index contributed by atoms with van der Waals surface area (Å²) in [5, 5.41) is 0. The van der Waals surface area contributed by atoms with Gasteiger partial charge in [0, 0.05) is 13.0 Å². The highest BCUT2D eigenvalue weighted by Crippen LogP contribution is 2.21. The van der Waals surface area contributed by atoms with E-state index in [4.69, 9.17) is 16.0 Å². The van der Waals surface area contributed by atoms with Crippen molar-refractivity contribution in [1.82, 2.24) is 9.71 Å². The average molecular weight is 293 g/mol. The molecule has 2 heterocycles. The van der Waals surface area contributed by atoms with E-state index in [0.717, 1.165) is 17.1 Å². The largest absolute Gasteiger partial charge is 0.469 e. The van der Waals surface area contributed by atoms with Gasteiger partial charge in [-0.05, 0) is 12.1 Å². The van der Waals surface area contributed by atoms with Gasteiger partial charge in [0.2, 0.25) is 0 Å². The van der Waals surface area contributed by atoms with Crippen molar-refractivity contribution in [3.63, 3.8) is 0 Å². The van der Waals surface area contributed by atoms with Crippen molar-refractivity contribution >= 4 is 33.0 Å². The number of rotatable bonds is 5. The fourth-order valence-electron chi connectivity index (χ4n) is 1.20. The lowest BCUT2D eigenvalue weighted by Gasteiger charge is -2.02. The van der Waals surface area contributed by atoms with Gasteiger partial charge >= 0.3 is 0 Å². The molecule has 0 amide bonds. The molecule has 17 heavy (non-hydrogen) atoms. The van der Waals surface area contributed by atoms with Crippen LogP contribution in [0.3, 0.4) is 0 Å². The molecule has 8 heteroatoms. The lowest BCUT2D eigenvalue weighted by Crippen LogP contribution is -2.25. The topological polar surface area (TPSA) is 72.2 Å². The smallest absolute Gasteiger partial charge is 0.251 e. The molecule has 2 rings (SSSR count). The summed E-state index contributed by atoms with van der Waals surface area (Å²) in [7, 11) is -3.51. The van der Waals surface area contributed by atoms with Crippen molar-refractivity contribution in [3.8, 4) is 0 Å². The molecule has 0 aromatic carbocycles. The Hall–Kier alpha value is -0.890. The van der Waals surface area contributed by atoms with Crippen molar-refractivity contribution in [2.45, 2.75) is 10.6 Å². The third kappa shape index (κ3) is 3.29. The average Bonchev–Trinajstić information content (AvgIpc) is 2.89. The highest BCUT2D eigenvalue weighted by atomic mass is 35.5. The van der Waals surface area contributed by atoms with Gasteiger partial charge in [-0.2, -0.15) is 0 Å². The van der Waals surface area contributed by atoms with Crippen LogP contribution in [0.4, 0.5) is 0 Å². The molecule has 0 fully saturated rings. The highest BCUT2D eigenvalue weighted by Gasteiger charge is 2.16. The molecule has 0 aliphatic carbocycles. The third-order valence-electron chi connectivity index (χ3n) is 1.96. The van der Waals surface area contributed by atoms with Crippen LogP contribution in [-0.2, 0) is 16.4 Å². The van der Waals surface area contributed by atoms with Gasteiger partial charge in [0.1, 0.15) is 5.76 Å². The van der Waals surface area contributed by atoms with Crippen LogP contribution in [0.25, 0.3) is 0 Å². The second-order valence-electron chi connectivity index (χ2n) is 3.16. The minimum atomic E-state index is -3.51. The van der Waals surface area contributed by atoms with E-state index in [0.29, 0.717) is 6.42 Å². The normalized spacial score (nSPS) is 11.8. The maximum absolute atomic E-state index is 11.7. The van der Waals surface area contributed by atoms with E-state index in [1.54, 1.807) is 18.4 Å². The lowest BCUT2D eigenvalue weighted by molar-refractivity contribution is 0.506. The Balaban J connectivity index is 1.94. The van der Waals surface area contributed by atoms with Crippen LogP contribution >= 0.6 is 22.9 Å². The fraction of sp³-hybridized carbons (Fsp3) is 0.222. The maximum atomic E-state index is 11.7. The first-order chi connectivity index (χ1) is 8.08. The molecule has 0 saturated carbocycles. The van der Waals surface area contributed by atoms with E-state index in [1.165, 1.54) is 6.20 Å². The first-order valence-electron chi connectivity index (χ1n) is 4.71. The van der Waals surface area contributed by atoms with Gasteiger partial charge in [-0.3, -0.25) is 0 Å². The molecule has 0 atom stereocenters. The van der Waals surface area contributed by atoms with E-state index >= 15 is 0 Å². The van der Waals surface area contributed by atoms with Gasteiger partial charge in [-0.1, -0.05) is 22.9 Å². The number of sulfonamides is 1. The quantitative estimate of drug-likeness (QED) is 0.914. The van der Waals surface area contributed by atoms with Crippen LogP contribution in [0.1, 0.15) is 5.76 Å². The molecule has 2 aromatic heterocycles. The number of thiazole rings is 1. The molecular weight excluding hydrogens is 284 g/mol. The van der Waals surface area contributed by atoms with Crippen molar-refractivity contribution in [3.05, 3.63) is 34.8 Å². The molecular formula is C9H9ClN2O3S2. The Bertz CT molecular complexity index is 577. The van der Waals surface area contributed by atoms with Crippen LogP contribution < -0.4 is 4.72 Å². The summed E-state index contributed by atoms with van der Waals surface area (Å²) in [5.41, 5.74) is 0. The van der Waals surface area contributed by atoms with E-state index in [1.807, 2.05) is 0 Å². The van der Waals surface area contributed by atoms with Crippen LogP contribution in [0.15, 0.2) is 33.2 Å².